The predicted octanol–water partition coefficient (Wildman–Crippen LogP) is 5.70. The van der Waals surface area contributed by atoms with Gasteiger partial charge in [0.2, 0.25) is 11.8 Å². The van der Waals surface area contributed by atoms with Crippen molar-refractivity contribution in [3.63, 3.8) is 0 Å². The molecule has 0 radical (unpaired) electrons. The standard InChI is InChI=1S/C27H32N4O2S2/c1-18-12-14-20-22(16-18)34-26(30(20)3)28-24(32)10-8-6-5-7-9-11-25(33)29-27-31(4)21-15-13-19(2)17-23(21)35-27/h12-17H,5-11H2,1-4H3. The first kappa shape index (κ1) is 25.3. The van der Waals surface area contributed by atoms with Crippen LogP contribution in [-0.4, -0.2) is 20.9 Å². The number of nitrogens with zero attached hydrogens (tertiary/aromatic N) is 4. The fraction of sp³-hybridized carbons (Fsp3) is 0.407. The monoisotopic (exact) mass is 508 g/mol. The van der Waals surface area contributed by atoms with Crippen molar-refractivity contribution >= 4 is 54.9 Å². The summed E-state index contributed by atoms with van der Waals surface area (Å²) in [6.07, 6.45) is 5.51. The minimum Gasteiger partial charge on any atom is -0.319 e. The van der Waals surface area contributed by atoms with Crippen LogP contribution in [0.4, 0.5) is 0 Å². The van der Waals surface area contributed by atoms with E-state index < -0.39 is 0 Å². The second kappa shape index (κ2) is 11.3. The van der Waals surface area contributed by atoms with E-state index in [1.54, 1.807) is 22.7 Å². The molecule has 2 heterocycles. The highest BCUT2D eigenvalue weighted by atomic mass is 32.1. The van der Waals surface area contributed by atoms with E-state index in [2.05, 4.69) is 60.2 Å². The Labute approximate surface area is 213 Å². The molecule has 4 aromatic rings. The zero-order chi connectivity index (χ0) is 24.9. The fourth-order valence-electron chi connectivity index (χ4n) is 4.10. The number of aryl methyl sites for hydroxylation is 4. The molecule has 4 rings (SSSR count). The quantitative estimate of drug-likeness (QED) is 0.287. The number of fused-ring (bicyclic) bond motifs is 2. The normalized spacial score (nSPS) is 12.8. The Morgan fingerprint density at radius 1 is 0.686 bits per heavy atom. The first-order valence-corrected chi connectivity index (χ1v) is 13.7. The summed E-state index contributed by atoms with van der Waals surface area (Å²) in [5.41, 5.74) is 4.61. The van der Waals surface area contributed by atoms with Crippen LogP contribution in [0.15, 0.2) is 46.4 Å². The van der Waals surface area contributed by atoms with Gasteiger partial charge in [-0.2, -0.15) is 9.98 Å². The summed E-state index contributed by atoms with van der Waals surface area (Å²) in [6, 6.07) is 12.6. The van der Waals surface area contributed by atoms with Gasteiger partial charge in [0.05, 0.1) is 20.4 Å². The van der Waals surface area contributed by atoms with Gasteiger partial charge in [0, 0.05) is 26.9 Å². The zero-order valence-corrected chi connectivity index (χ0v) is 22.5. The number of amides is 2. The topological polar surface area (TPSA) is 68.7 Å². The van der Waals surface area contributed by atoms with E-state index in [1.165, 1.54) is 11.1 Å². The van der Waals surface area contributed by atoms with Gasteiger partial charge in [0.1, 0.15) is 0 Å². The molecule has 0 spiro atoms. The largest absolute Gasteiger partial charge is 0.319 e. The van der Waals surface area contributed by atoms with E-state index in [9.17, 15) is 9.59 Å². The number of rotatable bonds is 8. The molecule has 2 aromatic carbocycles. The molecule has 0 aliphatic carbocycles. The number of aromatic nitrogens is 2. The second-order valence-corrected chi connectivity index (χ2v) is 11.1. The Kier molecular flexibility index (Phi) is 8.13. The summed E-state index contributed by atoms with van der Waals surface area (Å²) >= 11 is 3.11. The maximum atomic E-state index is 12.3. The van der Waals surface area contributed by atoms with Gasteiger partial charge in [-0.05, 0) is 62.1 Å². The molecule has 6 nitrogen and oxygen atoms in total. The van der Waals surface area contributed by atoms with Crippen LogP contribution in [0.5, 0.6) is 0 Å². The van der Waals surface area contributed by atoms with Crippen molar-refractivity contribution in [2.75, 3.05) is 0 Å². The predicted molar refractivity (Wildman–Crippen MR) is 145 cm³/mol. The summed E-state index contributed by atoms with van der Waals surface area (Å²) in [5.74, 6) is -0.131. The number of carbonyl (C=O) groups is 2. The molecular formula is C27H32N4O2S2. The molecular weight excluding hydrogens is 476 g/mol. The molecule has 0 saturated heterocycles. The van der Waals surface area contributed by atoms with E-state index >= 15 is 0 Å². The van der Waals surface area contributed by atoms with E-state index in [4.69, 9.17) is 0 Å². The second-order valence-electron chi connectivity index (χ2n) is 9.11. The van der Waals surface area contributed by atoms with Crippen LogP contribution in [0.1, 0.15) is 56.1 Å². The average molecular weight is 509 g/mol. The minimum atomic E-state index is -0.0655. The number of hydrogen-bond donors (Lipinski definition) is 0. The number of benzene rings is 2. The lowest BCUT2D eigenvalue weighted by Crippen LogP contribution is -2.13. The van der Waals surface area contributed by atoms with Gasteiger partial charge in [-0.3, -0.25) is 9.59 Å². The number of hydrogen-bond acceptors (Lipinski definition) is 4. The Hall–Kier alpha value is -2.84. The van der Waals surface area contributed by atoms with Gasteiger partial charge in [0.15, 0.2) is 9.60 Å². The summed E-state index contributed by atoms with van der Waals surface area (Å²) in [6.45, 7) is 4.13. The third-order valence-corrected chi connectivity index (χ3v) is 8.34. The van der Waals surface area contributed by atoms with Crippen LogP contribution in [0.2, 0.25) is 0 Å². The molecule has 8 heteroatoms. The number of carbonyl (C=O) groups excluding carboxylic acids is 2. The zero-order valence-electron chi connectivity index (χ0n) is 20.8. The van der Waals surface area contributed by atoms with Crippen LogP contribution in [0.25, 0.3) is 20.4 Å². The highest BCUT2D eigenvalue weighted by Crippen LogP contribution is 2.19. The van der Waals surface area contributed by atoms with Crippen LogP contribution in [0, 0.1) is 13.8 Å². The van der Waals surface area contributed by atoms with Gasteiger partial charge < -0.3 is 9.13 Å². The fourth-order valence-corrected chi connectivity index (χ4v) is 6.37. The van der Waals surface area contributed by atoms with E-state index in [0.717, 1.165) is 62.1 Å². The molecule has 184 valence electrons. The first-order valence-electron chi connectivity index (χ1n) is 12.1. The maximum absolute atomic E-state index is 12.3. The maximum Gasteiger partial charge on any atom is 0.248 e. The smallest absolute Gasteiger partial charge is 0.248 e. The first-order chi connectivity index (χ1) is 16.8. The van der Waals surface area contributed by atoms with Crippen molar-refractivity contribution < 1.29 is 9.59 Å². The molecule has 0 N–H and O–H groups in total. The van der Waals surface area contributed by atoms with Crippen molar-refractivity contribution in [2.45, 2.75) is 58.8 Å². The van der Waals surface area contributed by atoms with Crippen molar-refractivity contribution in [3.05, 3.63) is 57.1 Å². The third kappa shape index (κ3) is 6.24. The molecule has 35 heavy (non-hydrogen) atoms. The highest BCUT2D eigenvalue weighted by Gasteiger charge is 2.07. The van der Waals surface area contributed by atoms with E-state index in [0.29, 0.717) is 12.8 Å². The lowest BCUT2D eigenvalue weighted by Gasteiger charge is -2.00. The third-order valence-electron chi connectivity index (χ3n) is 6.15. The van der Waals surface area contributed by atoms with Crippen molar-refractivity contribution in [1.29, 1.82) is 0 Å². The SMILES string of the molecule is Cc1ccc2c(c1)sc(=NC(=O)CCCCCCCC(=O)N=c1sc3cc(C)ccc3n1C)n2C. The van der Waals surface area contributed by atoms with Gasteiger partial charge in [-0.1, -0.05) is 54.1 Å². The van der Waals surface area contributed by atoms with Gasteiger partial charge in [-0.15, -0.1) is 0 Å². The van der Waals surface area contributed by atoms with Gasteiger partial charge >= 0.3 is 0 Å². The molecule has 0 aliphatic rings. The lowest BCUT2D eigenvalue weighted by molar-refractivity contribution is -0.118. The average Bonchev–Trinajstić information content (AvgIpc) is 3.28. The Balaban J connectivity index is 1.19. The Morgan fingerprint density at radius 2 is 1.09 bits per heavy atom. The molecule has 2 amide bonds. The Bertz CT molecular complexity index is 1400. The van der Waals surface area contributed by atoms with Gasteiger partial charge in [0.25, 0.3) is 0 Å². The molecule has 0 atom stereocenters. The van der Waals surface area contributed by atoms with Crippen LogP contribution >= 0.6 is 22.7 Å². The van der Waals surface area contributed by atoms with E-state index in [-0.39, 0.29) is 11.8 Å². The summed E-state index contributed by atoms with van der Waals surface area (Å²) in [4.78, 5) is 34.8. The van der Waals surface area contributed by atoms with Crippen molar-refractivity contribution in [1.82, 2.24) is 9.13 Å². The molecule has 0 aliphatic heterocycles. The molecule has 0 saturated carbocycles. The molecule has 0 bridgehead atoms. The molecule has 0 fully saturated rings. The van der Waals surface area contributed by atoms with Crippen LogP contribution in [0.3, 0.4) is 0 Å². The number of thiazole rings is 2. The van der Waals surface area contributed by atoms with Gasteiger partial charge in [-0.25, -0.2) is 0 Å². The van der Waals surface area contributed by atoms with Crippen LogP contribution in [-0.2, 0) is 23.7 Å². The van der Waals surface area contributed by atoms with Crippen LogP contribution < -0.4 is 9.60 Å². The highest BCUT2D eigenvalue weighted by molar-refractivity contribution is 7.16. The van der Waals surface area contributed by atoms with E-state index in [1.807, 2.05) is 23.2 Å². The number of unbranched alkanes of at least 4 members (excludes halogenated alkanes) is 4. The molecule has 2 aromatic heterocycles. The van der Waals surface area contributed by atoms with Crippen molar-refractivity contribution in [3.8, 4) is 0 Å². The molecule has 0 unspecified atom stereocenters. The summed E-state index contributed by atoms with van der Waals surface area (Å²) in [5, 5.41) is 0. The minimum absolute atomic E-state index is 0.0655. The van der Waals surface area contributed by atoms with Crippen molar-refractivity contribution in [2.24, 2.45) is 24.1 Å². The summed E-state index contributed by atoms with van der Waals surface area (Å²) < 4.78 is 6.27. The Morgan fingerprint density at radius 3 is 1.51 bits per heavy atom. The summed E-state index contributed by atoms with van der Waals surface area (Å²) in [7, 11) is 3.91. The lowest BCUT2D eigenvalue weighted by atomic mass is 10.1.